The second-order valence-corrected chi connectivity index (χ2v) is 8.15. The van der Waals surface area contributed by atoms with Crippen LogP contribution in [-0.2, 0) is 6.54 Å². The molecule has 5 heteroatoms. The van der Waals surface area contributed by atoms with E-state index in [1.165, 1.54) is 11.3 Å². The zero-order valence-corrected chi connectivity index (χ0v) is 17.1. The summed E-state index contributed by atoms with van der Waals surface area (Å²) < 4.78 is 2.03. The molecule has 0 saturated carbocycles. The van der Waals surface area contributed by atoms with E-state index in [9.17, 15) is 4.79 Å². The number of benzene rings is 2. The van der Waals surface area contributed by atoms with Gasteiger partial charge in [0.15, 0.2) is 4.96 Å². The third kappa shape index (κ3) is 3.45. The summed E-state index contributed by atoms with van der Waals surface area (Å²) in [6, 6.07) is 20.4. The average Bonchev–Trinajstić information content (AvgIpc) is 3.26. The smallest absolute Gasteiger partial charge is 0.266 e. The summed E-state index contributed by atoms with van der Waals surface area (Å²) in [7, 11) is 0. The van der Waals surface area contributed by atoms with E-state index in [2.05, 4.69) is 26.0 Å². The summed E-state index contributed by atoms with van der Waals surface area (Å²) in [6.07, 6.45) is 2.02. The molecule has 0 fully saturated rings. The van der Waals surface area contributed by atoms with Crippen LogP contribution in [0.25, 0.3) is 16.2 Å². The number of carbonyl (C=O) groups is 1. The number of fused-ring (bicyclic) bond motifs is 1. The number of rotatable bonds is 5. The molecule has 0 bridgehead atoms. The quantitative estimate of drug-likeness (QED) is 0.457. The standard InChI is InChI=1S/C23H23N3OS/c1-16(2)25(14-18-10-6-4-7-11-18)22(27)21-17(3)26-15-20(24-23(26)28-21)19-12-8-5-9-13-19/h4-13,15-16H,14H2,1-3H3. The van der Waals surface area contributed by atoms with Gasteiger partial charge < -0.3 is 4.90 Å². The van der Waals surface area contributed by atoms with Crippen LogP contribution >= 0.6 is 11.3 Å². The molecule has 0 aliphatic carbocycles. The van der Waals surface area contributed by atoms with Crippen LogP contribution in [0.3, 0.4) is 0 Å². The predicted octanol–water partition coefficient (Wildman–Crippen LogP) is 5.42. The Labute approximate surface area is 169 Å². The van der Waals surface area contributed by atoms with Crippen LogP contribution < -0.4 is 0 Å². The number of aromatic nitrogens is 2. The number of aryl methyl sites for hydroxylation is 1. The molecule has 4 nitrogen and oxygen atoms in total. The maximum absolute atomic E-state index is 13.3. The van der Waals surface area contributed by atoms with Crippen molar-refractivity contribution >= 4 is 22.2 Å². The van der Waals surface area contributed by atoms with Crippen molar-refractivity contribution in [2.75, 3.05) is 0 Å². The normalized spacial score (nSPS) is 11.3. The summed E-state index contributed by atoms with van der Waals surface area (Å²) in [5.74, 6) is 0.0631. The molecule has 28 heavy (non-hydrogen) atoms. The Kier molecular flexibility index (Phi) is 5.01. The lowest BCUT2D eigenvalue weighted by Crippen LogP contribution is -2.36. The van der Waals surface area contributed by atoms with E-state index >= 15 is 0 Å². The highest BCUT2D eigenvalue weighted by molar-refractivity contribution is 7.19. The topological polar surface area (TPSA) is 37.6 Å². The predicted molar refractivity (Wildman–Crippen MR) is 115 cm³/mol. The highest BCUT2D eigenvalue weighted by atomic mass is 32.1. The molecule has 1 amide bonds. The fraction of sp³-hybridized carbons (Fsp3) is 0.217. The first-order valence-corrected chi connectivity index (χ1v) is 10.2. The van der Waals surface area contributed by atoms with Crippen molar-refractivity contribution in [3.05, 3.63) is 83.0 Å². The monoisotopic (exact) mass is 389 g/mol. The van der Waals surface area contributed by atoms with Crippen LogP contribution in [0.2, 0.25) is 0 Å². The lowest BCUT2D eigenvalue weighted by Gasteiger charge is -2.26. The van der Waals surface area contributed by atoms with Crippen LogP contribution in [0.5, 0.6) is 0 Å². The molecular weight excluding hydrogens is 366 g/mol. The molecule has 2 heterocycles. The third-order valence-corrected chi connectivity index (χ3v) is 6.05. The molecule has 4 aromatic rings. The minimum atomic E-state index is 0.0631. The Hall–Kier alpha value is -2.92. The largest absolute Gasteiger partial charge is 0.331 e. The molecule has 0 radical (unpaired) electrons. The Balaban J connectivity index is 1.66. The lowest BCUT2D eigenvalue weighted by atomic mass is 10.1. The van der Waals surface area contributed by atoms with Gasteiger partial charge in [-0.05, 0) is 26.3 Å². The molecule has 0 atom stereocenters. The molecule has 4 rings (SSSR count). The summed E-state index contributed by atoms with van der Waals surface area (Å²) in [4.78, 5) is 21.6. The van der Waals surface area contributed by atoms with Crippen molar-refractivity contribution in [1.29, 1.82) is 0 Å². The van der Waals surface area contributed by atoms with Crippen LogP contribution in [0.4, 0.5) is 0 Å². The minimum absolute atomic E-state index is 0.0631. The van der Waals surface area contributed by atoms with Crippen molar-refractivity contribution in [1.82, 2.24) is 14.3 Å². The first kappa shape index (κ1) is 18.4. The van der Waals surface area contributed by atoms with Crippen LogP contribution in [0.15, 0.2) is 66.9 Å². The van der Waals surface area contributed by atoms with Gasteiger partial charge in [-0.15, -0.1) is 0 Å². The van der Waals surface area contributed by atoms with Gasteiger partial charge in [0.25, 0.3) is 5.91 Å². The minimum Gasteiger partial charge on any atom is -0.331 e. The zero-order valence-electron chi connectivity index (χ0n) is 16.3. The highest BCUT2D eigenvalue weighted by Crippen LogP contribution is 2.28. The number of amides is 1. The molecule has 2 aromatic carbocycles. The van der Waals surface area contributed by atoms with E-state index < -0.39 is 0 Å². The maximum Gasteiger partial charge on any atom is 0.266 e. The fourth-order valence-electron chi connectivity index (χ4n) is 3.30. The van der Waals surface area contributed by atoms with Gasteiger partial charge in [-0.1, -0.05) is 72.0 Å². The third-order valence-electron chi connectivity index (χ3n) is 4.90. The van der Waals surface area contributed by atoms with Gasteiger partial charge in [0.2, 0.25) is 0 Å². The van der Waals surface area contributed by atoms with Gasteiger partial charge in [0.05, 0.1) is 5.69 Å². The molecule has 0 spiro atoms. The summed E-state index contributed by atoms with van der Waals surface area (Å²) in [5, 5.41) is 0. The van der Waals surface area contributed by atoms with Crippen LogP contribution in [0.1, 0.15) is 34.8 Å². The second kappa shape index (κ2) is 7.60. The summed E-state index contributed by atoms with van der Waals surface area (Å²) in [6.45, 7) is 6.71. The average molecular weight is 390 g/mol. The number of nitrogens with zero attached hydrogens (tertiary/aromatic N) is 3. The first-order valence-electron chi connectivity index (χ1n) is 9.43. The van der Waals surface area contributed by atoms with Gasteiger partial charge >= 0.3 is 0 Å². The summed E-state index contributed by atoms with van der Waals surface area (Å²) >= 11 is 1.46. The Morgan fingerprint density at radius 3 is 2.32 bits per heavy atom. The zero-order chi connectivity index (χ0) is 19.7. The van der Waals surface area contributed by atoms with Crippen molar-refractivity contribution < 1.29 is 4.79 Å². The van der Waals surface area contributed by atoms with Gasteiger partial charge in [0, 0.05) is 30.0 Å². The SMILES string of the molecule is Cc1c(C(=O)N(Cc2ccccc2)C(C)C)sc2nc(-c3ccccc3)cn12. The maximum atomic E-state index is 13.3. The van der Waals surface area contributed by atoms with E-state index in [-0.39, 0.29) is 11.9 Å². The molecule has 2 aromatic heterocycles. The van der Waals surface area contributed by atoms with Gasteiger partial charge in [-0.2, -0.15) is 0 Å². The van der Waals surface area contributed by atoms with Crippen LogP contribution in [-0.4, -0.2) is 26.2 Å². The van der Waals surface area contributed by atoms with Gasteiger partial charge in [-0.25, -0.2) is 4.98 Å². The number of carbonyl (C=O) groups excluding carboxylic acids is 1. The molecule has 0 N–H and O–H groups in total. The van der Waals surface area contributed by atoms with E-state index in [0.717, 1.165) is 32.4 Å². The molecule has 0 aliphatic rings. The van der Waals surface area contributed by atoms with Crippen molar-refractivity contribution in [2.24, 2.45) is 0 Å². The Morgan fingerprint density at radius 1 is 1.07 bits per heavy atom. The molecular formula is C23H23N3OS. The lowest BCUT2D eigenvalue weighted by molar-refractivity contribution is 0.0694. The Morgan fingerprint density at radius 2 is 1.71 bits per heavy atom. The number of thiazole rings is 1. The van der Waals surface area contributed by atoms with Crippen molar-refractivity contribution in [3.63, 3.8) is 0 Å². The van der Waals surface area contributed by atoms with Crippen LogP contribution in [0, 0.1) is 6.92 Å². The Bertz CT molecular complexity index is 1100. The first-order chi connectivity index (χ1) is 13.5. The summed E-state index contributed by atoms with van der Waals surface area (Å²) in [5.41, 5.74) is 4.09. The molecule has 142 valence electrons. The van der Waals surface area contributed by atoms with Gasteiger partial charge in [-0.3, -0.25) is 9.20 Å². The van der Waals surface area contributed by atoms with Crippen molar-refractivity contribution in [3.8, 4) is 11.3 Å². The van der Waals surface area contributed by atoms with Crippen molar-refractivity contribution in [2.45, 2.75) is 33.4 Å². The van der Waals surface area contributed by atoms with E-state index in [1.54, 1.807) is 0 Å². The number of imidazole rings is 1. The number of hydrogen-bond donors (Lipinski definition) is 0. The van der Waals surface area contributed by atoms with Gasteiger partial charge in [0.1, 0.15) is 4.88 Å². The fourth-order valence-corrected chi connectivity index (χ4v) is 4.36. The van der Waals surface area contributed by atoms with E-state index in [1.807, 2.05) is 71.0 Å². The molecule has 0 saturated heterocycles. The van der Waals surface area contributed by atoms with E-state index in [0.29, 0.717) is 6.54 Å². The van der Waals surface area contributed by atoms with E-state index in [4.69, 9.17) is 4.98 Å². The number of hydrogen-bond acceptors (Lipinski definition) is 3. The highest BCUT2D eigenvalue weighted by Gasteiger charge is 2.25. The molecule has 0 aliphatic heterocycles. The second-order valence-electron chi connectivity index (χ2n) is 7.17. The molecule has 0 unspecified atom stereocenters.